The van der Waals surface area contributed by atoms with Gasteiger partial charge in [-0.15, -0.1) is 0 Å². The summed E-state index contributed by atoms with van der Waals surface area (Å²) in [5, 5.41) is 2.46. The first-order chi connectivity index (χ1) is 40.7. The van der Waals surface area contributed by atoms with Gasteiger partial charge in [-0.05, 0) is 144 Å². The largest absolute Gasteiger partial charge is 0.310 e. The molecule has 0 unspecified atom stereocenters. The van der Waals surface area contributed by atoms with Crippen LogP contribution >= 0.6 is 0 Å². The number of rotatable bonds is 10. The molecule has 0 fully saturated rings. The summed E-state index contributed by atoms with van der Waals surface area (Å²) in [6.45, 7) is 0. The van der Waals surface area contributed by atoms with Crippen LogP contribution in [0.3, 0.4) is 0 Å². The zero-order chi connectivity index (χ0) is 54.2. The predicted octanol–water partition coefficient (Wildman–Crippen LogP) is 20.3. The zero-order valence-electron chi connectivity index (χ0n) is 45.1. The highest BCUT2D eigenvalue weighted by molar-refractivity contribution is 6.11. The van der Waals surface area contributed by atoms with Gasteiger partial charge in [0, 0.05) is 33.4 Å². The third-order valence-corrected chi connectivity index (χ3v) is 17.7. The van der Waals surface area contributed by atoms with Gasteiger partial charge in [-0.25, -0.2) is 0 Å². The molecule has 1 aromatic heterocycles. The van der Waals surface area contributed by atoms with Crippen molar-refractivity contribution in [1.82, 2.24) is 4.57 Å². The normalized spacial score (nSPS) is 13.3. The molecule has 0 N–H and O–H groups in total. The average molecular weight is 1040 g/mol. The Morgan fingerprint density at radius 2 is 0.659 bits per heavy atom. The Hall–Kier alpha value is -10.5. The Kier molecular flexibility index (Phi) is 11.0. The van der Waals surface area contributed by atoms with E-state index in [1.807, 2.05) is 0 Å². The number of para-hydroxylation sites is 1. The number of hydrogen-bond donors (Lipinski definition) is 0. The summed E-state index contributed by atoms with van der Waals surface area (Å²) in [6, 6.07) is 122. The van der Waals surface area contributed by atoms with Crippen LogP contribution in [-0.4, -0.2) is 4.57 Å². The molecule has 0 saturated carbocycles. The molecule has 2 nitrogen and oxygen atoms in total. The maximum Gasteiger partial charge on any atom is 0.0715 e. The lowest BCUT2D eigenvalue weighted by atomic mass is 9.67. The summed E-state index contributed by atoms with van der Waals surface area (Å²) in [5.74, 6) is 0. The van der Waals surface area contributed by atoms with Crippen molar-refractivity contribution in [3.63, 3.8) is 0 Å². The average Bonchev–Trinajstić information content (AvgIpc) is 3.24. The van der Waals surface area contributed by atoms with Gasteiger partial charge in [-0.2, -0.15) is 0 Å². The minimum absolute atomic E-state index is 0.574. The van der Waals surface area contributed by atoms with E-state index >= 15 is 0 Å². The fraction of sp³-hybridized carbons (Fsp3) is 0.0250. The van der Waals surface area contributed by atoms with E-state index in [0.29, 0.717) is 0 Å². The Balaban J connectivity index is 0.969. The Bertz CT molecular complexity index is 4620. The van der Waals surface area contributed by atoms with Crippen molar-refractivity contribution in [2.24, 2.45) is 0 Å². The molecule has 2 aliphatic carbocycles. The Morgan fingerprint density at radius 3 is 1.26 bits per heavy atom. The van der Waals surface area contributed by atoms with Crippen molar-refractivity contribution in [2.45, 2.75) is 10.8 Å². The first-order valence-electron chi connectivity index (χ1n) is 28.5. The van der Waals surface area contributed by atoms with E-state index in [2.05, 4.69) is 337 Å². The number of benzene rings is 13. The summed E-state index contributed by atoms with van der Waals surface area (Å²) in [4.78, 5) is 2.50. The number of hydrogen-bond acceptors (Lipinski definition) is 1. The van der Waals surface area contributed by atoms with Crippen molar-refractivity contribution in [1.29, 1.82) is 0 Å². The SMILES string of the molecule is c1ccc(-c2ccc(N(c3ccc4c(c3)C(c3ccccc3)(c3ccccc3)c3ccccc3-4)c3ccc4c(c3)C(c3ccccc3)(c3ccccc3)c3cccc(-n5c6ccccc6c6cc(-c7ccccc7)ccc65)c3-4)cc2)cc1. The first kappa shape index (κ1) is 47.5. The fourth-order valence-corrected chi connectivity index (χ4v) is 14.3. The van der Waals surface area contributed by atoms with Crippen LogP contribution in [0.2, 0.25) is 0 Å². The van der Waals surface area contributed by atoms with Gasteiger partial charge in [0.05, 0.1) is 27.6 Å². The van der Waals surface area contributed by atoms with E-state index in [0.717, 1.165) is 22.7 Å². The molecule has 384 valence electrons. The van der Waals surface area contributed by atoms with Crippen LogP contribution in [0.4, 0.5) is 17.1 Å². The molecule has 13 aromatic carbocycles. The number of fused-ring (bicyclic) bond motifs is 9. The second-order valence-electron chi connectivity index (χ2n) is 21.9. The smallest absolute Gasteiger partial charge is 0.0715 e. The van der Waals surface area contributed by atoms with Crippen molar-refractivity contribution in [3.8, 4) is 50.2 Å². The second-order valence-corrected chi connectivity index (χ2v) is 21.9. The molecular formula is C80H54N2. The summed E-state index contributed by atoms with van der Waals surface area (Å²) in [5.41, 5.74) is 25.1. The molecular weight excluding hydrogens is 989 g/mol. The van der Waals surface area contributed by atoms with Gasteiger partial charge < -0.3 is 9.47 Å². The highest BCUT2D eigenvalue weighted by Gasteiger charge is 2.49. The van der Waals surface area contributed by atoms with Crippen molar-refractivity contribution in [3.05, 3.63) is 372 Å². The lowest BCUT2D eigenvalue weighted by molar-refractivity contribution is 0.767. The molecule has 16 rings (SSSR count). The van der Waals surface area contributed by atoms with Crippen LogP contribution in [0, 0.1) is 0 Å². The van der Waals surface area contributed by atoms with Crippen LogP contribution in [0.1, 0.15) is 44.5 Å². The number of aromatic nitrogens is 1. The minimum atomic E-state index is -0.698. The summed E-state index contributed by atoms with van der Waals surface area (Å²) < 4.78 is 2.52. The van der Waals surface area contributed by atoms with E-state index in [4.69, 9.17) is 0 Å². The standard InChI is InChI=1S/C80H54N2/c1-7-24-55(25-8-1)57-42-45-63(46-43-57)81(64-47-49-67-66-36-19-21-38-71(66)79(73(67)53-64,59-28-11-3-12-29-59)60-30-13-4-14-31-60)65-48-50-69-74(54-65)80(61-32-15-5-16-33-61,62-34-17-6-18-35-62)72-39-23-41-77(78(69)72)82-75-40-22-20-37-68(75)70-52-58(44-51-76(70)82)56-26-9-2-10-27-56/h1-54H. The van der Waals surface area contributed by atoms with Crippen LogP contribution in [-0.2, 0) is 10.8 Å². The molecule has 2 aliphatic rings. The van der Waals surface area contributed by atoms with Crippen LogP contribution in [0.25, 0.3) is 72.0 Å². The lowest BCUT2D eigenvalue weighted by Crippen LogP contribution is -2.29. The lowest BCUT2D eigenvalue weighted by Gasteiger charge is -2.36. The molecule has 82 heavy (non-hydrogen) atoms. The zero-order valence-corrected chi connectivity index (χ0v) is 45.1. The molecule has 0 spiro atoms. The van der Waals surface area contributed by atoms with Crippen molar-refractivity contribution < 1.29 is 0 Å². The van der Waals surface area contributed by atoms with E-state index < -0.39 is 10.8 Å². The minimum Gasteiger partial charge on any atom is -0.310 e. The van der Waals surface area contributed by atoms with Gasteiger partial charge in [0.25, 0.3) is 0 Å². The van der Waals surface area contributed by atoms with E-state index in [9.17, 15) is 0 Å². The van der Waals surface area contributed by atoms with Gasteiger partial charge in [-0.3, -0.25) is 0 Å². The van der Waals surface area contributed by atoms with Crippen LogP contribution in [0.5, 0.6) is 0 Å². The molecule has 0 saturated heterocycles. The molecule has 1 heterocycles. The van der Waals surface area contributed by atoms with Gasteiger partial charge >= 0.3 is 0 Å². The monoisotopic (exact) mass is 1040 g/mol. The van der Waals surface area contributed by atoms with E-state index in [1.54, 1.807) is 0 Å². The number of nitrogens with zero attached hydrogens (tertiary/aromatic N) is 2. The predicted molar refractivity (Wildman–Crippen MR) is 341 cm³/mol. The molecule has 0 radical (unpaired) electrons. The highest BCUT2D eigenvalue weighted by Crippen LogP contribution is 2.61. The summed E-state index contributed by atoms with van der Waals surface area (Å²) in [6.07, 6.45) is 0. The molecule has 0 aliphatic heterocycles. The Labute approximate surface area is 478 Å². The van der Waals surface area contributed by atoms with E-state index in [1.165, 1.54) is 111 Å². The molecule has 14 aromatic rings. The van der Waals surface area contributed by atoms with Crippen LogP contribution in [0.15, 0.2) is 328 Å². The summed E-state index contributed by atoms with van der Waals surface area (Å²) >= 11 is 0. The maximum absolute atomic E-state index is 2.52. The third-order valence-electron chi connectivity index (χ3n) is 17.7. The quantitative estimate of drug-likeness (QED) is 0.133. The van der Waals surface area contributed by atoms with Gasteiger partial charge in [-0.1, -0.05) is 267 Å². The van der Waals surface area contributed by atoms with E-state index in [-0.39, 0.29) is 0 Å². The molecule has 0 amide bonds. The molecule has 2 heteroatoms. The topological polar surface area (TPSA) is 8.17 Å². The number of anilines is 3. The second kappa shape index (κ2) is 19.1. The van der Waals surface area contributed by atoms with Gasteiger partial charge in [0.2, 0.25) is 0 Å². The third kappa shape index (κ3) is 7.08. The van der Waals surface area contributed by atoms with Gasteiger partial charge in [0.15, 0.2) is 0 Å². The molecule has 0 atom stereocenters. The highest BCUT2D eigenvalue weighted by atomic mass is 15.1. The van der Waals surface area contributed by atoms with Crippen molar-refractivity contribution >= 4 is 38.9 Å². The summed E-state index contributed by atoms with van der Waals surface area (Å²) in [7, 11) is 0. The van der Waals surface area contributed by atoms with Crippen molar-refractivity contribution in [2.75, 3.05) is 4.90 Å². The van der Waals surface area contributed by atoms with Crippen LogP contribution < -0.4 is 4.90 Å². The molecule has 0 bridgehead atoms. The maximum atomic E-state index is 2.52. The first-order valence-corrected chi connectivity index (χ1v) is 28.5. The Morgan fingerprint density at radius 1 is 0.244 bits per heavy atom. The van der Waals surface area contributed by atoms with Gasteiger partial charge in [0.1, 0.15) is 0 Å². The fourth-order valence-electron chi connectivity index (χ4n) is 14.3.